The van der Waals surface area contributed by atoms with Crippen molar-refractivity contribution in [3.8, 4) is 0 Å². The van der Waals surface area contributed by atoms with Crippen LogP contribution in [0.4, 0.5) is 0 Å². The minimum absolute atomic E-state index is 0.126. The van der Waals surface area contributed by atoms with Crippen LogP contribution in [0.5, 0.6) is 0 Å². The Morgan fingerprint density at radius 1 is 1.50 bits per heavy atom. The molecule has 0 spiro atoms. The molecule has 1 aliphatic rings. The number of hydrogen-bond donors (Lipinski definition) is 1. The second-order valence-electron chi connectivity index (χ2n) is 3.46. The van der Waals surface area contributed by atoms with E-state index >= 15 is 0 Å². The van der Waals surface area contributed by atoms with Crippen LogP contribution in [0.15, 0.2) is 11.1 Å². The van der Waals surface area contributed by atoms with E-state index in [2.05, 4.69) is 15.9 Å². The summed E-state index contributed by atoms with van der Waals surface area (Å²) >= 11 is 3.17. The van der Waals surface area contributed by atoms with E-state index in [0.717, 1.165) is 0 Å². The van der Waals surface area contributed by atoms with Crippen LogP contribution in [0.2, 0.25) is 0 Å². The number of rotatable bonds is 3. The molecule has 0 bridgehead atoms. The lowest BCUT2D eigenvalue weighted by Crippen LogP contribution is -2.24. The lowest BCUT2D eigenvalue weighted by molar-refractivity contribution is -0.138. The molecule has 5 heteroatoms. The first-order valence-corrected chi connectivity index (χ1v) is 6.31. The topological polar surface area (TPSA) is 67.2 Å². The predicted octanol–water partition coefficient (Wildman–Crippen LogP) is 2.01. The summed E-state index contributed by atoms with van der Waals surface area (Å²) in [6.45, 7) is 1.98. The maximum absolute atomic E-state index is 11.7. The SMILES string of the molecule is CCOC(=O)/C(CBr)=C1\C(=N)CCCC1=O. The summed E-state index contributed by atoms with van der Waals surface area (Å²) in [4.78, 5) is 23.3. The highest BCUT2D eigenvalue weighted by Gasteiger charge is 2.27. The van der Waals surface area contributed by atoms with E-state index in [1.54, 1.807) is 6.92 Å². The quantitative estimate of drug-likeness (QED) is 0.491. The standard InChI is InChI=1S/C11H14BrNO3/c1-2-16-11(15)7(6-12)10-8(13)4-3-5-9(10)14/h13H,2-6H2,1H3/b10-7+,13-8?. The maximum Gasteiger partial charge on any atom is 0.335 e. The van der Waals surface area contributed by atoms with Crippen molar-refractivity contribution in [3.63, 3.8) is 0 Å². The van der Waals surface area contributed by atoms with Crippen LogP contribution in [-0.4, -0.2) is 29.4 Å². The molecule has 0 aromatic heterocycles. The first kappa shape index (κ1) is 13.1. The Kier molecular flexibility index (Phi) is 4.86. The van der Waals surface area contributed by atoms with Gasteiger partial charge in [0.25, 0.3) is 0 Å². The molecule has 0 saturated heterocycles. The Bertz CT molecular complexity index is 342. The van der Waals surface area contributed by atoms with Crippen molar-refractivity contribution >= 4 is 33.4 Å². The lowest BCUT2D eigenvalue weighted by Gasteiger charge is -2.17. The van der Waals surface area contributed by atoms with Crippen LogP contribution in [-0.2, 0) is 14.3 Å². The molecule has 1 saturated carbocycles. The van der Waals surface area contributed by atoms with Crippen molar-refractivity contribution in [2.24, 2.45) is 0 Å². The summed E-state index contributed by atoms with van der Waals surface area (Å²) in [5, 5.41) is 7.97. The summed E-state index contributed by atoms with van der Waals surface area (Å²) in [5.74, 6) is -0.631. The average Bonchev–Trinajstić information content (AvgIpc) is 2.24. The molecule has 1 aliphatic carbocycles. The van der Waals surface area contributed by atoms with Crippen molar-refractivity contribution in [1.29, 1.82) is 5.41 Å². The molecule has 16 heavy (non-hydrogen) atoms. The molecule has 88 valence electrons. The number of nitrogens with one attached hydrogen (secondary N) is 1. The van der Waals surface area contributed by atoms with E-state index in [1.807, 2.05) is 0 Å². The molecule has 1 N–H and O–H groups in total. The van der Waals surface area contributed by atoms with E-state index in [0.29, 0.717) is 19.3 Å². The highest BCUT2D eigenvalue weighted by molar-refractivity contribution is 9.09. The predicted molar refractivity (Wildman–Crippen MR) is 64.0 cm³/mol. The fraction of sp³-hybridized carbons (Fsp3) is 0.545. The summed E-state index contributed by atoms with van der Waals surface area (Å²) in [5.41, 5.74) is 0.775. The maximum atomic E-state index is 11.7. The highest BCUT2D eigenvalue weighted by Crippen LogP contribution is 2.22. The number of allylic oxidation sites excluding steroid dienone is 1. The van der Waals surface area contributed by atoms with Crippen molar-refractivity contribution in [2.45, 2.75) is 26.2 Å². The molecule has 0 heterocycles. The second-order valence-corrected chi connectivity index (χ2v) is 4.02. The Balaban J connectivity index is 3.08. The van der Waals surface area contributed by atoms with E-state index in [1.165, 1.54) is 0 Å². The normalized spacial score (nSPS) is 19.6. The van der Waals surface area contributed by atoms with E-state index in [-0.39, 0.29) is 34.6 Å². The Hall–Kier alpha value is -0.970. The average molecular weight is 288 g/mol. The smallest absolute Gasteiger partial charge is 0.335 e. The van der Waals surface area contributed by atoms with Gasteiger partial charge in [0.15, 0.2) is 5.78 Å². The number of Topliss-reactive ketones (excluding diaryl/α,β-unsaturated/α-hetero) is 1. The van der Waals surface area contributed by atoms with Crippen molar-refractivity contribution in [1.82, 2.24) is 0 Å². The first-order valence-electron chi connectivity index (χ1n) is 5.19. The van der Waals surface area contributed by atoms with Crippen molar-refractivity contribution in [3.05, 3.63) is 11.1 Å². The Labute approximate surface area is 103 Å². The van der Waals surface area contributed by atoms with Gasteiger partial charge in [-0.3, -0.25) is 4.79 Å². The van der Waals surface area contributed by atoms with Gasteiger partial charge in [0, 0.05) is 23.0 Å². The zero-order valence-corrected chi connectivity index (χ0v) is 10.7. The molecular formula is C11H14BrNO3. The Morgan fingerprint density at radius 3 is 2.69 bits per heavy atom. The third-order valence-electron chi connectivity index (χ3n) is 2.37. The van der Waals surface area contributed by atoms with E-state index < -0.39 is 5.97 Å². The minimum atomic E-state index is -0.505. The minimum Gasteiger partial charge on any atom is -0.463 e. The van der Waals surface area contributed by atoms with Crippen molar-refractivity contribution in [2.75, 3.05) is 11.9 Å². The Morgan fingerprint density at radius 2 is 2.19 bits per heavy atom. The third kappa shape index (κ3) is 2.78. The molecule has 0 unspecified atom stereocenters. The van der Waals surface area contributed by atoms with E-state index in [9.17, 15) is 9.59 Å². The number of carbonyl (C=O) groups excluding carboxylic acids is 2. The summed E-state index contributed by atoms with van der Waals surface area (Å²) in [6.07, 6.45) is 1.66. The number of ketones is 1. The molecule has 0 aromatic rings. The van der Waals surface area contributed by atoms with Crippen molar-refractivity contribution < 1.29 is 14.3 Å². The van der Waals surface area contributed by atoms with Crippen LogP contribution in [0, 0.1) is 5.41 Å². The first-order chi connectivity index (χ1) is 7.61. The van der Waals surface area contributed by atoms with Crippen LogP contribution >= 0.6 is 15.9 Å². The van der Waals surface area contributed by atoms with E-state index in [4.69, 9.17) is 10.1 Å². The van der Waals surface area contributed by atoms with Crippen LogP contribution in [0.25, 0.3) is 0 Å². The summed E-state index contributed by atoms with van der Waals surface area (Å²) in [6, 6.07) is 0. The fourth-order valence-corrected chi connectivity index (χ4v) is 2.15. The molecule has 0 aliphatic heterocycles. The molecule has 0 amide bonds. The highest BCUT2D eigenvalue weighted by atomic mass is 79.9. The van der Waals surface area contributed by atoms with Gasteiger partial charge in [-0.05, 0) is 19.8 Å². The van der Waals surface area contributed by atoms with Crippen LogP contribution in [0.1, 0.15) is 26.2 Å². The summed E-state index contributed by atoms with van der Waals surface area (Å²) < 4.78 is 4.87. The van der Waals surface area contributed by atoms with Gasteiger partial charge in [0.1, 0.15) is 0 Å². The summed E-state index contributed by atoms with van der Waals surface area (Å²) in [7, 11) is 0. The number of alkyl halides is 1. The number of halogens is 1. The third-order valence-corrected chi connectivity index (χ3v) is 2.93. The van der Waals surface area contributed by atoms with Gasteiger partial charge >= 0.3 is 5.97 Å². The number of hydrogen-bond acceptors (Lipinski definition) is 4. The number of carbonyl (C=O) groups is 2. The van der Waals surface area contributed by atoms with Gasteiger partial charge in [-0.15, -0.1) is 0 Å². The molecule has 0 atom stereocenters. The van der Waals surface area contributed by atoms with Gasteiger partial charge < -0.3 is 10.1 Å². The largest absolute Gasteiger partial charge is 0.463 e. The molecule has 0 radical (unpaired) electrons. The van der Waals surface area contributed by atoms with Gasteiger partial charge in [-0.25, -0.2) is 4.79 Å². The van der Waals surface area contributed by atoms with Gasteiger partial charge in [0.2, 0.25) is 0 Å². The van der Waals surface area contributed by atoms with Gasteiger partial charge in [0.05, 0.1) is 12.2 Å². The molecule has 1 rings (SSSR count). The monoisotopic (exact) mass is 287 g/mol. The zero-order chi connectivity index (χ0) is 12.1. The van der Waals surface area contributed by atoms with Gasteiger partial charge in [-0.2, -0.15) is 0 Å². The number of ether oxygens (including phenoxy) is 1. The fourth-order valence-electron chi connectivity index (χ4n) is 1.64. The van der Waals surface area contributed by atoms with Crippen LogP contribution in [0.3, 0.4) is 0 Å². The van der Waals surface area contributed by atoms with Gasteiger partial charge in [-0.1, -0.05) is 15.9 Å². The zero-order valence-electron chi connectivity index (χ0n) is 9.14. The second kappa shape index (κ2) is 5.94. The molecule has 0 aromatic carbocycles. The molecular weight excluding hydrogens is 274 g/mol. The molecule has 4 nitrogen and oxygen atoms in total. The number of esters is 1. The van der Waals surface area contributed by atoms with Crippen LogP contribution < -0.4 is 0 Å². The lowest BCUT2D eigenvalue weighted by atomic mass is 9.88. The molecule has 1 fully saturated rings.